The zero-order valence-corrected chi connectivity index (χ0v) is 13.6. The van der Waals surface area contributed by atoms with E-state index in [2.05, 4.69) is 11.4 Å². The summed E-state index contributed by atoms with van der Waals surface area (Å²) in [5.41, 5.74) is 0.825. The standard InChI is InChI=1S/C18H25N3O2/c22-17-21(13-18(23-17)9-2-1-3-10-18)16-8-4-7-15(20-16)14-6-5-11-19-12-14/h4,7-8,14,19H,1-3,5-6,9-13H2. The molecular formula is C18H25N3O2. The van der Waals surface area contributed by atoms with E-state index in [1.54, 1.807) is 4.90 Å². The van der Waals surface area contributed by atoms with Gasteiger partial charge in [0.15, 0.2) is 0 Å². The van der Waals surface area contributed by atoms with Crippen LogP contribution in [0.5, 0.6) is 0 Å². The molecule has 2 saturated heterocycles. The second-order valence-electron chi connectivity index (χ2n) is 7.16. The molecule has 1 saturated carbocycles. The van der Waals surface area contributed by atoms with Crippen LogP contribution in [0.4, 0.5) is 10.6 Å². The van der Waals surface area contributed by atoms with Crippen LogP contribution in [0.1, 0.15) is 56.6 Å². The molecule has 23 heavy (non-hydrogen) atoms. The van der Waals surface area contributed by atoms with E-state index in [1.165, 1.54) is 12.8 Å². The molecule has 1 aromatic heterocycles. The topological polar surface area (TPSA) is 54.5 Å². The van der Waals surface area contributed by atoms with E-state index >= 15 is 0 Å². The molecule has 0 radical (unpaired) electrons. The van der Waals surface area contributed by atoms with Crippen molar-refractivity contribution in [1.29, 1.82) is 0 Å². The van der Waals surface area contributed by atoms with Gasteiger partial charge >= 0.3 is 6.09 Å². The number of carbonyl (C=O) groups is 1. The number of pyridine rings is 1. The van der Waals surface area contributed by atoms with Gasteiger partial charge in [-0.2, -0.15) is 0 Å². The number of rotatable bonds is 2. The van der Waals surface area contributed by atoms with Crippen molar-refractivity contribution in [2.24, 2.45) is 0 Å². The number of hydrogen-bond acceptors (Lipinski definition) is 4. The first-order chi connectivity index (χ1) is 11.3. The molecule has 1 aromatic rings. The quantitative estimate of drug-likeness (QED) is 0.910. The third-order valence-electron chi connectivity index (χ3n) is 5.48. The highest BCUT2D eigenvalue weighted by molar-refractivity contribution is 5.89. The number of hydrogen-bond donors (Lipinski definition) is 1. The summed E-state index contributed by atoms with van der Waals surface area (Å²) in [6, 6.07) is 6.03. The number of amides is 1. The molecular weight excluding hydrogens is 290 g/mol. The summed E-state index contributed by atoms with van der Waals surface area (Å²) >= 11 is 0. The molecule has 0 aromatic carbocycles. The van der Waals surface area contributed by atoms with E-state index in [0.717, 1.165) is 56.7 Å². The maximum Gasteiger partial charge on any atom is 0.416 e. The Hall–Kier alpha value is -1.62. The van der Waals surface area contributed by atoms with E-state index in [-0.39, 0.29) is 11.7 Å². The van der Waals surface area contributed by atoms with Crippen LogP contribution in [0.3, 0.4) is 0 Å². The van der Waals surface area contributed by atoms with Gasteiger partial charge in [0.25, 0.3) is 0 Å². The molecule has 1 atom stereocenters. The Morgan fingerprint density at radius 3 is 2.87 bits per heavy atom. The maximum atomic E-state index is 12.4. The lowest BCUT2D eigenvalue weighted by molar-refractivity contribution is 0.0260. The van der Waals surface area contributed by atoms with E-state index in [9.17, 15) is 4.79 Å². The molecule has 2 aliphatic heterocycles. The molecule has 124 valence electrons. The molecule has 1 aliphatic carbocycles. The summed E-state index contributed by atoms with van der Waals surface area (Å²) in [5, 5.41) is 3.43. The van der Waals surface area contributed by atoms with Gasteiger partial charge in [0, 0.05) is 18.2 Å². The Morgan fingerprint density at radius 2 is 2.09 bits per heavy atom. The highest BCUT2D eigenvalue weighted by Crippen LogP contribution is 2.38. The smallest absolute Gasteiger partial charge is 0.416 e. The molecule has 3 aliphatic rings. The lowest BCUT2D eigenvalue weighted by Gasteiger charge is -2.30. The van der Waals surface area contributed by atoms with Gasteiger partial charge in [-0.25, -0.2) is 9.78 Å². The lowest BCUT2D eigenvalue weighted by Crippen LogP contribution is -2.36. The van der Waals surface area contributed by atoms with Gasteiger partial charge in [0.1, 0.15) is 11.4 Å². The molecule has 3 fully saturated rings. The van der Waals surface area contributed by atoms with Crippen LogP contribution in [-0.4, -0.2) is 36.3 Å². The van der Waals surface area contributed by atoms with Crippen LogP contribution < -0.4 is 10.2 Å². The van der Waals surface area contributed by atoms with Crippen LogP contribution in [0.15, 0.2) is 18.2 Å². The summed E-state index contributed by atoms with van der Waals surface area (Å²) in [6.45, 7) is 2.73. The molecule has 5 nitrogen and oxygen atoms in total. The van der Waals surface area contributed by atoms with E-state index < -0.39 is 0 Å². The molecule has 4 rings (SSSR count). The van der Waals surface area contributed by atoms with Gasteiger partial charge in [-0.1, -0.05) is 12.5 Å². The predicted octanol–water partition coefficient (Wildman–Crippen LogP) is 3.21. The summed E-state index contributed by atoms with van der Waals surface area (Å²) in [5.74, 6) is 1.20. The highest BCUT2D eigenvalue weighted by atomic mass is 16.6. The minimum atomic E-state index is -0.264. The molecule has 1 spiro atoms. The normalized spacial score (nSPS) is 27.2. The van der Waals surface area contributed by atoms with Crippen molar-refractivity contribution < 1.29 is 9.53 Å². The Kier molecular flexibility index (Phi) is 3.97. The highest BCUT2D eigenvalue weighted by Gasteiger charge is 2.46. The molecule has 1 unspecified atom stereocenters. The third kappa shape index (κ3) is 2.94. The van der Waals surface area contributed by atoms with Gasteiger partial charge in [0.05, 0.1) is 6.54 Å². The minimum absolute atomic E-state index is 0.224. The second kappa shape index (κ2) is 6.11. The number of aromatic nitrogens is 1. The van der Waals surface area contributed by atoms with Crippen molar-refractivity contribution >= 4 is 11.9 Å². The van der Waals surface area contributed by atoms with Crippen molar-refractivity contribution in [3.05, 3.63) is 23.9 Å². The number of nitrogens with one attached hydrogen (secondary N) is 1. The number of piperidine rings is 1. The number of anilines is 1. The lowest BCUT2D eigenvalue weighted by atomic mass is 9.85. The van der Waals surface area contributed by atoms with Crippen LogP contribution in [0.2, 0.25) is 0 Å². The average Bonchev–Trinajstić information content (AvgIpc) is 2.92. The van der Waals surface area contributed by atoms with Crippen molar-refractivity contribution in [1.82, 2.24) is 10.3 Å². The fraction of sp³-hybridized carbons (Fsp3) is 0.667. The van der Waals surface area contributed by atoms with Crippen molar-refractivity contribution in [2.75, 3.05) is 24.5 Å². The maximum absolute atomic E-state index is 12.4. The first-order valence-corrected chi connectivity index (χ1v) is 8.94. The predicted molar refractivity (Wildman–Crippen MR) is 88.7 cm³/mol. The number of nitrogens with zero attached hydrogens (tertiary/aromatic N) is 2. The fourth-order valence-electron chi connectivity index (χ4n) is 4.18. The SMILES string of the molecule is O=C1OC2(CCCCC2)CN1c1cccc(C2CCCNC2)n1. The van der Waals surface area contributed by atoms with Gasteiger partial charge in [-0.05, 0) is 57.2 Å². The minimum Gasteiger partial charge on any atom is -0.441 e. The van der Waals surface area contributed by atoms with Crippen molar-refractivity contribution in [3.8, 4) is 0 Å². The summed E-state index contributed by atoms with van der Waals surface area (Å²) in [6.07, 6.45) is 7.66. The van der Waals surface area contributed by atoms with Gasteiger partial charge in [-0.15, -0.1) is 0 Å². The molecule has 3 heterocycles. The first kappa shape index (κ1) is 14.9. The summed E-state index contributed by atoms with van der Waals surface area (Å²) in [7, 11) is 0. The first-order valence-electron chi connectivity index (χ1n) is 8.94. The van der Waals surface area contributed by atoms with Crippen LogP contribution >= 0.6 is 0 Å². The van der Waals surface area contributed by atoms with Gasteiger partial charge < -0.3 is 10.1 Å². The monoisotopic (exact) mass is 315 g/mol. The van der Waals surface area contributed by atoms with Crippen LogP contribution in [0, 0.1) is 0 Å². The van der Waals surface area contributed by atoms with E-state index in [0.29, 0.717) is 12.5 Å². The Balaban J connectivity index is 1.54. The van der Waals surface area contributed by atoms with Crippen molar-refractivity contribution in [2.45, 2.75) is 56.5 Å². The van der Waals surface area contributed by atoms with E-state index in [4.69, 9.17) is 9.72 Å². The van der Waals surface area contributed by atoms with Gasteiger partial charge in [0.2, 0.25) is 0 Å². The number of ether oxygens (including phenoxy) is 1. The second-order valence-corrected chi connectivity index (χ2v) is 7.16. The largest absolute Gasteiger partial charge is 0.441 e. The Labute approximate surface area is 137 Å². The van der Waals surface area contributed by atoms with Crippen molar-refractivity contribution in [3.63, 3.8) is 0 Å². The summed E-state index contributed by atoms with van der Waals surface area (Å²) < 4.78 is 5.78. The van der Waals surface area contributed by atoms with Crippen LogP contribution in [0.25, 0.3) is 0 Å². The Bertz CT molecular complexity index is 577. The van der Waals surface area contributed by atoms with Gasteiger partial charge in [-0.3, -0.25) is 4.90 Å². The zero-order valence-electron chi connectivity index (χ0n) is 13.6. The Morgan fingerprint density at radius 1 is 1.22 bits per heavy atom. The van der Waals surface area contributed by atoms with Crippen LogP contribution in [-0.2, 0) is 4.74 Å². The molecule has 5 heteroatoms. The number of carbonyl (C=O) groups excluding carboxylic acids is 1. The average molecular weight is 315 g/mol. The molecule has 1 amide bonds. The zero-order chi connectivity index (χ0) is 15.7. The molecule has 1 N–H and O–H groups in total. The van der Waals surface area contributed by atoms with E-state index in [1.807, 2.05) is 12.1 Å². The third-order valence-corrected chi connectivity index (χ3v) is 5.48. The fourth-order valence-corrected chi connectivity index (χ4v) is 4.18. The molecule has 0 bridgehead atoms. The summed E-state index contributed by atoms with van der Waals surface area (Å²) in [4.78, 5) is 18.9.